The molecule has 0 aliphatic carbocycles. The molecule has 2 rings (SSSR count). The monoisotopic (exact) mass is 564 g/mol. The summed E-state index contributed by atoms with van der Waals surface area (Å²) in [5, 5.41) is 28.9. The number of nitro groups is 1. The average molecular weight is 566 g/mol. The van der Waals surface area contributed by atoms with Crippen molar-refractivity contribution in [3.05, 3.63) is 52.6 Å². The molecule has 36 heavy (non-hydrogen) atoms. The molecule has 2 aromatic rings. The highest BCUT2D eigenvalue weighted by molar-refractivity contribution is 5.54. The summed E-state index contributed by atoms with van der Waals surface area (Å²) in [7, 11) is 6.77. The summed E-state index contributed by atoms with van der Waals surface area (Å²) in [4.78, 5) is 10.2. The maximum absolute atomic E-state index is 10.7. The van der Waals surface area contributed by atoms with Crippen molar-refractivity contribution >= 4 is 17.1 Å². The van der Waals surface area contributed by atoms with Gasteiger partial charge in [0.25, 0.3) is 5.69 Å². The molecule has 0 unspecified atom stereocenters. The largest absolute Gasteiger partial charge is 1.00 e. The molecule has 0 fully saturated rings. The molecule has 9 heteroatoms. The Morgan fingerprint density at radius 3 is 1.92 bits per heavy atom. The van der Waals surface area contributed by atoms with Crippen molar-refractivity contribution in [3.63, 3.8) is 0 Å². The summed E-state index contributed by atoms with van der Waals surface area (Å²) in [5.41, 5.74) is 0.764. The van der Waals surface area contributed by atoms with Gasteiger partial charge in [-0.15, -0.1) is 5.11 Å². The fourth-order valence-electron chi connectivity index (χ4n) is 3.72. The van der Waals surface area contributed by atoms with Crippen molar-refractivity contribution in [3.8, 4) is 11.5 Å². The molecule has 0 aliphatic rings. The molecule has 0 spiro atoms. The van der Waals surface area contributed by atoms with E-state index >= 15 is 0 Å². The third-order valence-electron chi connectivity index (χ3n) is 5.77. The van der Waals surface area contributed by atoms with Gasteiger partial charge in [0.15, 0.2) is 0 Å². The van der Waals surface area contributed by atoms with Crippen LogP contribution in [0.3, 0.4) is 0 Å². The molecule has 1 N–H and O–H groups in total. The van der Waals surface area contributed by atoms with Crippen molar-refractivity contribution in [2.45, 2.75) is 64.2 Å². The lowest BCUT2D eigenvalue weighted by atomic mass is 10.1. The lowest BCUT2D eigenvalue weighted by molar-refractivity contribution is -0.870. The van der Waals surface area contributed by atoms with E-state index in [0.717, 1.165) is 17.3 Å². The number of hydrogen-bond donors (Lipinski definition) is 1. The molecule has 0 bridgehead atoms. The Hall–Kier alpha value is -2.52. The first-order valence-corrected chi connectivity index (χ1v) is 12.7. The van der Waals surface area contributed by atoms with Crippen molar-refractivity contribution in [2.75, 3.05) is 34.3 Å². The number of hydrogen-bond acceptors (Lipinski definition) is 6. The summed E-state index contributed by atoms with van der Waals surface area (Å²) in [6.45, 7) is 1.89. The summed E-state index contributed by atoms with van der Waals surface area (Å²) < 4.78 is 6.81. The Balaban J connectivity index is 0.00000648. The zero-order valence-electron chi connectivity index (χ0n) is 21.9. The van der Waals surface area contributed by atoms with Crippen molar-refractivity contribution < 1.29 is 36.2 Å². The van der Waals surface area contributed by atoms with Crippen LogP contribution in [0.4, 0.5) is 17.1 Å². The zero-order chi connectivity index (χ0) is 25.5. The Morgan fingerprint density at radius 1 is 0.833 bits per heavy atom. The minimum atomic E-state index is -0.469. The number of halogens is 1. The molecular formula is C27H41BrN4O4. The molecule has 0 aromatic heterocycles. The highest BCUT2D eigenvalue weighted by Gasteiger charge is 2.06. The molecule has 2 aromatic carbocycles. The van der Waals surface area contributed by atoms with E-state index in [4.69, 9.17) is 4.74 Å². The van der Waals surface area contributed by atoms with Crippen LogP contribution in [0.15, 0.2) is 52.7 Å². The number of unbranched alkanes of at least 4 members (excludes halogenated alkanes) is 9. The molecular weight excluding hydrogens is 524 g/mol. The number of aromatic hydroxyl groups is 1. The van der Waals surface area contributed by atoms with Gasteiger partial charge in [-0.2, -0.15) is 5.11 Å². The van der Waals surface area contributed by atoms with E-state index in [9.17, 15) is 15.2 Å². The van der Waals surface area contributed by atoms with Gasteiger partial charge in [-0.3, -0.25) is 10.1 Å². The number of rotatable bonds is 17. The van der Waals surface area contributed by atoms with Gasteiger partial charge >= 0.3 is 0 Å². The smallest absolute Gasteiger partial charge is 0.269 e. The first-order chi connectivity index (χ1) is 16.7. The maximum atomic E-state index is 10.7. The van der Waals surface area contributed by atoms with Crippen molar-refractivity contribution in [2.24, 2.45) is 10.2 Å². The average Bonchev–Trinajstić information content (AvgIpc) is 2.81. The second-order valence-corrected chi connectivity index (χ2v) is 10.0. The van der Waals surface area contributed by atoms with E-state index in [-0.39, 0.29) is 28.4 Å². The standard InChI is InChI=1S/C27H40N4O4.BrH/c1-31(2,3)20-12-10-8-6-4-5-7-9-11-13-21-35-25-18-19-26(27(32)22-25)29-28-23-14-16-24(17-15-23)30(33)34;/h14-19,22H,4-13,20-21H2,1-3H3;1H. The molecule has 0 saturated carbocycles. The number of quaternary nitrogens is 1. The summed E-state index contributed by atoms with van der Waals surface area (Å²) in [6, 6.07) is 10.7. The Kier molecular flexibility index (Phi) is 14.9. The van der Waals surface area contributed by atoms with Gasteiger partial charge in [0.1, 0.15) is 17.2 Å². The number of phenols is 1. The van der Waals surface area contributed by atoms with Gasteiger partial charge in [-0.05, 0) is 43.5 Å². The Bertz CT molecular complexity index is 930. The van der Waals surface area contributed by atoms with Crippen LogP contribution in [-0.4, -0.2) is 48.8 Å². The fraction of sp³-hybridized carbons (Fsp3) is 0.556. The lowest BCUT2D eigenvalue weighted by Gasteiger charge is -2.23. The van der Waals surface area contributed by atoms with Crippen molar-refractivity contribution in [1.82, 2.24) is 0 Å². The maximum Gasteiger partial charge on any atom is 0.269 e. The molecule has 0 atom stereocenters. The zero-order valence-corrected chi connectivity index (χ0v) is 23.5. The van der Waals surface area contributed by atoms with E-state index in [0.29, 0.717) is 23.7 Å². The van der Waals surface area contributed by atoms with E-state index in [1.54, 1.807) is 12.1 Å². The van der Waals surface area contributed by atoms with Crippen LogP contribution in [0.2, 0.25) is 0 Å². The van der Waals surface area contributed by atoms with E-state index < -0.39 is 4.92 Å². The lowest BCUT2D eigenvalue weighted by Crippen LogP contribution is -3.00. The summed E-state index contributed by atoms with van der Waals surface area (Å²) in [5.74, 6) is 0.577. The molecule has 0 aliphatic heterocycles. The second-order valence-electron chi connectivity index (χ2n) is 10.0. The highest BCUT2D eigenvalue weighted by atomic mass is 79.9. The predicted octanol–water partition coefficient (Wildman–Crippen LogP) is 4.71. The van der Waals surface area contributed by atoms with Gasteiger partial charge in [0.05, 0.1) is 44.9 Å². The summed E-state index contributed by atoms with van der Waals surface area (Å²) >= 11 is 0. The topological polar surface area (TPSA) is 97.3 Å². The number of ether oxygens (including phenoxy) is 1. The van der Waals surface area contributed by atoms with E-state index in [2.05, 4.69) is 31.4 Å². The fourth-order valence-corrected chi connectivity index (χ4v) is 3.72. The van der Waals surface area contributed by atoms with E-state index in [1.807, 2.05) is 0 Å². The molecule has 0 radical (unpaired) electrons. The first-order valence-electron chi connectivity index (χ1n) is 12.7. The Morgan fingerprint density at radius 2 is 1.39 bits per heavy atom. The van der Waals surface area contributed by atoms with Crippen LogP contribution in [0.5, 0.6) is 11.5 Å². The molecule has 0 amide bonds. The molecule has 200 valence electrons. The van der Waals surface area contributed by atoms with Crippen LogP contribution in [-0.2, 0) is 0 Å². The van der Waals surface area contributed by atoms with Gasteiger partial charge < -0.3 is 31.3 Å². The van der Waals surface area contributed by atoms with Crippen LogP contribution in [0, 0.1) is 10.1 Å². The van der Waals surface area contributed by atoms with Crippen LogP contribution >= 0.6 is 0 Å². The van der Waals surface area contributed by atoms with Gasteiger partial charge in [-0.1, -0.05) is 44.9 Å². The van der Waals surface area contributed by atoms with Gasteiger partial charge in [0, 0.05) is 18.2 Å². The number of phenolic OH excluding ortho intramolecular Hbond substituents is 1. The first kappa shape index (κ1) is 31.5. The van der Waals surface area contributed by atoms with Gasteiger partial charge in [0.2, 0.25) is 0 Å². The summed E-state index contributed by atoms with van der Waals surface area (Å²) in [6.07, 6.45) is 12.7. The van der Waals surface area contributed by atoms with Gasteiger partial charge in [-0.25, -0.2) is 0 Å². The molecule has 0 saturated heterocycles. The third kappa shape index (κ3) is 13.5. The second kappa shape index (κ2) is 17.0. The third-order valence-corrected chi connectivity index (χ3v) is 5.77. The van der Waals surface area contributed by atoms with Crippen molar-refractivity contribution in [1.29, 1.82) is 0 Å². The van der Waals surface area contributed by atoms with E-state index in [1.165, 1.54) is 88.2 Å². The number of non-ortho nitro benzene ring substituents is 1. The number of benzene rings is 2. The Labute approximate surface area is 225 Å². The normalized spacial score (nSPS) is 11.4. The van der Waals surface area contributed by atoms with Crippen LogP contribution < -0.4 is 21.7 Å². The minimum Gasteiger partial charge on any atom is -1.00 e. The molecule has 0 heterocycles. The highest BCUT2D eigenvalue weighted by Crippen LogP contribution is 2.32. The molecule has 8 nitrogen and oxygen atoms in total. The predicted molar refractivity (Wildman–Crippen MR) is 140 cm³/mol. The number of nitrogens with zero attached hydrogens (tertiary/aromatic N) is 4. The quantitative estimate of drug-likeness (QED) is 0.0988. The SMILES string of the molecule is C[N+](C)(C)CCCCCCCCCCCCOc1ccc(N=Nc2ccc([N+](=O)[O-])cc2)c(O)c1.[Br-]. The number of nitro benzene ring substituents is 1. The number of azo groups is 1. The minimum absolute atomic E-state index is 0. The van der Waals surface area contributed by atoms with Crippen LogP contribution in [0.25, 0.3) is 0 Å². The van der Waals surface area contributed by atoms with Crippen LogP contribution in [0.1, 0.15) is 64.2 Å².